The summed E-state index contributed by atoms with van der Waals surface area (Å²) < 4.78 is 18.0. The van der Waals surface area contributed by atoms with Crippen molar-refractivity contribution >= 4 is 17.7 Å². The molecule has 0 N–H and O–H groups in total. The van der Waals surface area contributed by atoms with Crippen molar-refractivity contribution in [2.75, 3.05) is 12.9 Å². The average molecular weight is 256 g/mol. The van der Waals surface area contributed by atoms with E-state index in [1.54, 1.807) is 17.8 Å². The first-order valence-corrected chi connectivity index (χ1v) is 6.79. The molecule has 0 saturated heterocycles. The third kappa shape index (κ3) is 4.38. The fourth-order valence-corrected chi connectivity index (χ4v) is 2.41. The standard InChI is InChI=1S/C13H17FO2S/c1-3-4-7-17-9-10-5-6-11(12(14)8-10)13(15)16-2/h5-6,8H,3-4,7,9H2,1-2H3. The van der Waals surface area contributed by atoms with Crippen LogP contribution in [0.2, 0.25) is 0 Å². The molecular weight excluding hydrogens is 239 g/mol. The number of methoxy groups -OCH3 is 1. The molecular formula is C13H17FO2S. The van der Waals surface area contributed by atoms with E-state index in [0.29, 0.717) is 0 Å². The van der Waals surface area contributed by atoms with Crippen LogP contribution in [0.3, 0.4) is 0 Å². The quantitative estimate of drug-likeness (QED) is 0.574. The summed E-state index contributed by atoms with van der Waals surface area (Å²) in [5.74, 6) is 0.716. The van der Waals surface area contributed by atoms with Crippen LogP contribution in [0.4, 0.5) is 4.39 Å². The molecule has 0 atom stereocenters. The number of esters is 1. The number of benzene rings is 1. The van der Waals surface area contributed by atoms with Crippen LogP contribution in [0, 0.1) is 5.82 Å². The maximum Gasteiger partial charge on any atom is 0.340 e. The van der Waals surface area contributed by atoms with Gasteiger partial charge in [0.25, 0.3) is 0 Å². The molecule has 2 nitrogen and oxygen atoms in total. The third-order valence-corrected chi connectivity index (χ3v) is 3.46. The van der Waals surface area contributed by atoms with Crippen molar-refractivity contribution in [2.24, 2.45) is 0 Å². The highest BCUT2D eigenvalue weighted by molar-refractivity contribution is 7.98. The van der Waals surface area contributed by atoms with E-state index in [9.17, 15) is 9.18 Å². The molecule has 0 aliphatic heterocycles. The zero-order valence-electron chi connectivity index (χ0n) is 10.2. The molecule has 0 aliphatic rings. The minimum absolute atomic E-state index is 0.00481. The van der Waals surface area contributed by atoms with Crippen molar-refractivity contribution in [3.63, 3.8) is 0 Å². The highest BCUT2D eigenvalue weighted by Gasteiger charge is 2.11. The minimum Gasteiger partial charge on any atom is -0.465 e. The van der Waals surface area contributed by atoms with E-state index in [4.69, 9.17) is 0 Å². The summed E-state index contributed by atoms with van der Waals surface area (Å²) >= 11 is 1.78. The van der Waals surface area contributed by atoms with Gasteiger partial charge in [-0.1, -0.05) is 19.4 Å². The van der Waals surface area contributed by atoms with Crippen molar-refractivity contribution < 1.29 is 13.9 Å². The molecule has 0 heterocycles. The van der Waals surface area contributed by atoms with Gasteiger partial charge < -0.3 is 4.74 Å². The van der Waals surface area contributed by atoms with Crippen LogP contribution >= 0.6 is 11.8 Å². The molecule has 0 aromatic heterocycles. The number of carbonyl (C=O) groups excluding carboxylic acids is 1. The summed E-state index contributed by atoms with van der Waals surface area (Å²) in [5, 5.41) is 0. The number of carbonyl (C=O) groups is 1. The zero-order chi connectivity index (χ0) is 12.7. The second-order valence-electron chi connectivity index (χ2n) is 3.71. The maximum atomic E-state index is 13.6. The fraction of sp³-hybridized carbons (Fsp3) is 0.462. The molecule has 0 radical (unpaired) electrons. The van der Waals surface area contributed by atoms with Crippen molar-refractivity contribution in [1.29, 1.82) is 0 Å². The monoisotopic (exact) mass is 256 g/mol. The van der Waals surface area contributed by atoms with Crippen molar-refractivity contribution in [2.45, 2.75) is 25.5 Å². The van der Waals surface area contributed by atoms with Gasteiger partial charge >= 0.3 is 5.97 Å². The van der Waals surface area contributed by atoms with Crippen molar-refractivity contribution in [1.82, 2.24) is 0 Å². The summed E-state index contributed by atoms with van der Waals surface area (Å²) in [6, 6.07) is 4.66. The van der Waals surface area contributed by atoms with Crippen LogP contribution in [-0.4, -0.2) is 18.8 Å². The molecule has 1 aromatic rings. The number of hydrogen-bond acceptors (Lipinski definition) is 3. The Balaban J connectivity index is 2.59. The van der Waals surface area contributed by atoms with E-state index in [-0.39, 0.29) is 5.56 Å². The number of rotatable bonds is 6. The number of hydrogen-bond donors (Lipinski definition) is 0. The molecule has 0 aliphatic carbocycles. The summed E-state index contributed by atoms with van der Waals surface area (Å²) in [4.78, 5) is 11.2. The Morgan fingerprint density at radius 1 is 1.47 bits per heavy atom. The highest BCUT2D eigenvalue weighted by Crippen LogP contribution is 2.17. The zero-order valence-corrected chi connectivity index (χ0v) is 11.0. The first-order chi connectivity index (χ1) is 8.19. The van der Waals surface area contributed by atoms with Crippen molar-refractivity contribution in [3.8, 4) is 0 Å². The predicted molar refractivity (Wildman–Crippen MR) is 68.8 cm³/mol. The first kappa shape index (κ1) is 14.0. The highest BCUT2D eigenvalue weighted by atomic mass is 32.2. The topological polar surface area (TPSA) is 26.3 Å². The lowest BCUT2D eigenvalue weighted by molar-refractivity contribution is 0.0595. The van der Waals surface area contributed by atoms with Gasteiger partial charge in [-0.05, 0) is 29.9 Å². The van der Waals surface area contributed by atoms with Crippen LogP contribution in [0.5, 0.6) is 0 Å². The van der Waals surface area contributed by atoms with Crippen LogP contribution in [0.25, 0.3) is 0 Å². The van der Waals surface area contributed by atoms with Crippen molar-refractivity contribution in [3.05, 3.63) is 35.1 Å². The smallest absolute Gasteiger partial charge is 0.340 e. The summed E-state index contributed by atoms with van der Waals surface area (Å²) in [5.41, 5.74) is 0.895. The molecule has 17 heavy (non-hydrogen) atoms. The summed E-state index contributed by atoms with van der Waals surface area (Å²) in [6.07, 6.45) is 2.34. The number of unbranched alkanes of at least 4 members (excludes halogenated alkanes) is 1. The Labute approximate surface area is 106 Å². The molecule has 0 amide bonds. The lowest BCUT2D eigenvalue weighted by Gasteiger charge is -2.04. The molecule has 94 valence electrons. The molecule has 0 unspecified atom stereocenters. The molecule has 0 bridgehead atoms. The van der Waals surface area contributed by atoms with Gasteiger partial charge in [0.05, 0.1) is 12.7 Å². The molecule has 1 aromatic carbocycles. The van der Waals surface area contributed by atoms with E-state index < -0.39 is 11.8 Å². The molecule has 4 heteroatoms. The molecule has 1 rings (SSSR count). The van der Waals surface area contributed by atoms with Gasteiger partial charge in [-0.25, -0.2) is 9.18 Å². The SMILES string of the molecule is CCCCSCc1ccc(C(=O)OC)c(F)c1. The van der Waals surface area contributed by atoms with E-state index in [0.717, 1.165) is 17.1 Å². The average Bonchev–Trinajstić information content (AvgIpc) is 2.34. The lowest BCUT2D eigenvalue weighted by Crippen LogP contribution is -2.04. The van der Waals surface area contributed by atoms with Crippen LogP contribution in [0.15, 0.2) is 18.2 Å². The Kier molecular flexibility index (Phi) is 6.05. The van der Waals surface area contributed by atoms with Crippen LogP contribution in [0.1, 0.15) is 35.7 Å². The van der Waals surface area contributed by atoms with Crippen LogP contribution in [-0.2, 0) is 10.5 Å². The van der Waals surface area contributed by atoms with E-state index in [1.807, 2.05) is 0 Å². The fourth-order valence-electron chi connectivity index (χ4n) is 1.36. The number of ether oxygens (including phenoxy) is 1. The lowest BCUT2D eigenvalue weighted by atomic mass is 10.1. The van der Waals surface area contributed by atoms with Gasteiger partial charge in [-0.15, -0.1) is 0 Å². The first-order valence-electron chi connectivity index (χ1n) is 5.63. The van der Waals surface area contributed by atoms with Gasteiger partial charge in [0.2, 0.25) is 0 Å². The van der Waals surface area contributed by atoms with Crippen LogP contribution < -0.4 is 0 Å². The second kappa shape index (κ2) is 7.33. The largest absolute Gasteiger partial charge is 0.465 e. The van der Waals surface area contributed by atoms with Gasteiger partial charge in [0, 0.05) is 5.75 Å². The van der Waals surface area contributed by atoms with Gasteiger partial charge in [-0.3, -0.25) is 0 Å². The van der Waals surface area contributed by atoms with E-state index >= 15 is 0 Å². The van der Waals surface area contributed by atoms with E-state index in [1.165, 1.54) is 32.1 Å². The number of halogens is 1. The Hall–Kier alpha value is -1.03. The van der Waals surface area contributed by atoms with Gasteiger partial charge in [0.1, 0.15) is 5.82 Å². The van der Waals surface area contributed by atoms with Gasteiger partial charge in [0.15, 0.2) is 0 Å². The molecule has 0 spiro atoms. The molecule has 0 fully saturated rings. The minimum atomic E-state index is -0.632. The van der Waals surface area contributed by atoms with E-state index in [2.05, 4.69) is 11.7 Å². The third-order valence-electron chi connectivity index (χ3n) is 2.35. The van der Waals surface area contributed by atoms with Gasteiger partial charge in [-0.2, -0.15) is 11.8 Å². The summed E-state index contributed by atoms with van der Waals surface area (Å²) in [6.45, 7) is 2.14. The second-order valence-corrected chi connectivity index (χ2v) is 4.82. The molecule has 0 saturated carbocycles. The Morgan fingerprint density at radius 2 is 2.24 bits per heavy atom. The Bertz CT molecular complexity index is 380. The Morgan fingerprint density at radius 3 is 2.82 bits per heavy atom. The number of thioether (sulfide) groups is 1. The normalized spacial score (nSPS) is 10.3. The predicted octanol–water partition coefficient (Wildman–Crippen LogP) is 3.65. The summed E-state index contributed by atoms with van der Waals surface area (Å²) in [7, 11) is 1.25. The maximum absolute atomic E-state index is 13.6.